The van der Waals surface area contributed by atoms with Gasteiger partial charge in [-0.05, 0) is 12.8 Å². The van der Waals surface area contributed by atoms with Gasteiger partial charge >= 0.3 is 0 Å². The fourth-order valence-corrected chi connectivity index (χ4v) is 3.28. The highest BCUT2D eigenvalue weighted by atomic mass is 32.1. The van der Waals surface area contributed by atoms with Crippen LogP contribution in [0.3, 0.4) is 0 Å². The highest BCUT2D eigenvalue weighted by Crippen LogP contribution is 2.18. The first kappa shape index (κ1) is 12.6. The van der Waals surface area contributed by atoms with E-state index in [0.29, 0.717) is 0 Å². The molecule has 0 radical (unpaired) electrons. The normalized spacial score (nSPS) is 23.6. The van der Waals surface area contributed by atoms with Crippen LogP contribution in [0.5, 0.6) is 0 Å². The molecular weight excluding hydrogens is 262 g/mol. The molecular formula is C13H17N3O2S. The molecule has 0 aromatic carbocycles. The van der Waals surface area contributed by atoms with E-state index in [1.165, 1.54) is 0 Å². The number of hydrogen-bond donors (Lipinski definition) is 2. The lowest BCUT2D eigenvalue weighted by Crippen LogP contribution is -2.45. The Balaban J connectivity index is 1.60. The van der Waals surface area contributed by atoms with E-state index in [-0.39, 0.29) is 18.4 Å². The van der Waals surface area contributed by atoms with Crippen LogP contribution in [0.25, 0.3) is 4.96 Å². The fourth-order valence-electron chi connectivity index (χ4n) is 2.56. The van der Waals surface area contributed by atoms with Gasteiger partial charge in [0.25, 0.3) is 0 Å². The fraction of sp³-hybridized carbons (Fsp3) is 0.538. The van der Waals surface area contributed by atoms with Gasteiger partial charge in [0.05, 0.1) is 24.3 Å². The third-order valence-corrected chi connectivity index (χ3v) is 4.33. The van der Waals surface area contributed by atoms with Crippen molar-refractivity contribution in [1.29, 1.82) is 0 Å². The van der Waals surface area contributed by atoms with E-state index in [0.717, 1.165) is 36.3 Å². The molecule has 0 bridgehead atoms. The van der Waals surface area contributed by atoms with Crippen molar-refractivity contribution in [2.24, 2.45) is 0 Å². The van der Waals surface area contributed by atoms with Gasteiger partial charge in [0, 0.05) is 17.8 Å². The summed E-state index contributed by atoms with van der Waals surface area (Å²) in [7, 11) is 0. The summed E-state index contributed by atoms with van der Waals surface area (Å²) in [6.45, 7) is 0. The number of rotatable bonds is 3. The molecule has 102 valence electrons. The molecule has 0 unspecified atom stereocenters. The van der Waals surface area contributed by atoms with Gasteiger partial charge in [-0.2, -0.15) is 0 Å². The SMILES string of the molecule is O=C(Cc1cn2ccsc2n1)N[C@H]1CCCC[C@@H]1O. The van der Waals surface area contributed by atoms with E-state index in [1.54, 1.807) is 11.3 Å². The smallest absolute Gasteiger partial charge is 0.226 e. The highest BCUT2D eigenvalue weighted by Gasteiger charge is 2.24. The quantitative estimate of drug-likeness (QED) is 0.891. The first-order valence-electron chi connectivity index (χ1n) is 6.61. The predicted molar refractivity (Wildman–Crippen MR) is 73.2 cm³/mol. The van der Waals surface area contributed by atoms with Gasteiger partial charge in [0.2, 0.25) is 5.91 Å². The molecule has 2 atom stereocenters. The number of aliphatic hydroxyl groups excluding tert-OH is 1. The summed E-state index contributed by atoms with van der Waals surface area (Å²) in [5, 5.41) is 14.7. The van der Waals surface area contributed by atoms with Crippen molar-refractivity contribution >= 4 is 22.2 Å². The zero-order chi connectivity index (χ0) is 13.2. The molecule has 1 aliphatic carbocycles. The number of thiazole rings is 1. The van der Waals surface area contributed by atoms with Gasteiger partial charge in [-0.25, -0.2) is 4.98 Å². The second-order valence-electron chi connectivity index (χ2n) is 5.03. The molecule has 2 aromatic rings. The maximum atomic E-state index is 12.0. The van der Waals surface area contributed by atoms with Crippen LogP contribution >= 0.6 is 11.3 Å². The van der Waals surface area contributed by atoms with Crippen molar-refractivity contribution in [2.75, 3.05) is 0 Å². The zero-order valence-corrected chi connectivity index (χ0v) is 11.4. The molecule has 19 heavy (non-hydrogen) atoms. The van der Waals surface area contributed by atoms with Crippen LogP contribution in [0.4, 0.5) is 0 Å². The Morgan fingerprint density at radius 1 is 1.53 bits per heavy atom. The Morgan fingerprint density at radius 2 is 2.37 bits per heavy atom. The highest BCUT2D eigenvalue weighted by molar-refractivity contribution is 7.15. The third-order valence-electron chi connectivity index (χ3n) is 3.56. The minimum Gasteiger partial charge on any atom is -0.391 e. The molecule has 1 amide bonds. The minimum absolute atomic E-state index is 0.0586. The van der Waals surface area contributed by atoms with Crippen molar-refractivity contribution in [1.82, 2.24) is 14.7 Å². The lowest BCUT2D eigenvalue weighted by Gasteiger charge is -2.28. The zero-order valence-electron chi connectivity index (χ0n) is 10.6. The van der Waals surface area contributed by atoms with Crippen LogP contribution in [0.15, 0.2) is 17.8 Å². The van der Waals surface area contributed by atoms with E-state index in [2.05, 4.69) is 10.3 Å². The lowest BCUT2D eigenvalue weighted by atomic mass is 9.92. The molecule has 0 saturated heterocycles. The third kappa shape index (κ3) is 2.79. The molecule has 3 rings (SSSR count). The molecule has 1 aliphatic rings. The molecule has 6 heteroatoms. The van der Waals surface area contributed by atoms with E-state index < -0.39 is 6.10 Å². The Labute approximate surface area is 115 Å². The van der Waals surface area contributed by atoms with Gasteiger partial charge in [0.15, 0.2) is 4.96 Å². The van der Waals surface area contributed by atoms with Gasteiger partial charge in [0.1, 0.15) is 0 Å². The van der Waals surface area contributed by atoms with Crippen molar-refractivity contribution < 1.29 is 9.90 Å². The lowest BCUT2D eigenvalue weighted by molar-refractivity contribution is -0.122. The topological polar surface area (TPSA) is 66.6 Å². The van der Waals surface area contributed by atoms with Gasteiger partial charge < -0.3 is 10.4 Å². The van der Waals surface area contributed by atoms with E-state index in [9.17, 15) is 9.90 Å². The number of aromatic nitrogens is 2. The van der Waals surface area contributed by atoms with Crippen LogP contribution < -0.4 is 5.32 Å². The number of nitrogens with zero attached hydrogens (tertiary/aromatic N) is 2. The van der Waals surface area contributed by atoms with Crippen LogP contribution in [-0.2, 0) is 11.2 Å². The second-order valence-corrected chi connectivity index (χ2v) is 5.90. The number of carbonyl (C=O) groups is 1. The van der Waals surface area contributed by atoms with Crippen molar-refractivity contribution in [2.45, 2.75) is 44.2 Å². The van der Waals surface area contributed by atoms with Gasteiger partial charge in [-0.3, -0.25) is 9.20 Å². The maximum absolute atomic E-state index is 12.0. The van der Waals surface area contributed by atoms with E-state index >= 15 is 0 Å². The average Bonchev–Trinajstić information content (AvgIpc) is 2.92. The predicted octanol–water partition coefficient (Wildman–Crippen LogP) is 1.36. The Hall–Kier alpha value is -1.40. The van der Waals surface area contributed by atoms with Crippen LogP contribution in [-0.4, -0.2) is 32.5 Å². The molecule has 1 saturated carbocycles. The molecule has 2 heterocycles. The standard InChI is InChI=1S/C13H17N3O2S/c17-11-4-2-1-3-10(11)15-12(18)7-9-8-16-5-6-19-13(16)14-9/h5-6,8,10-11,17H,1-4,7H2,(H,15,18)/t10-,11-/m0/s1. The summed E-state index contributed by atoms with van der Waals surface area (Å²) >= 11 is 1.55. The first-order valence-corrected chi connectivity index (χ1v) is 7.49. The number of aliphatic hydroxyl groups is 1. The van der Waals surface area contributed by atoms with Crippen LogP contribution in [0.2, 0.25) is 0 Å². The number of nitrogens with one attached hydrogen (secondary N) is 1. The molecule has 5 nitrogen and oxygen atoms in total. The van der Waals surface area contributed by atoms with Crippen molar-refractivity contribution in [3.05, 3.63) is 23.5 Å². The average molecular weight is 279 g/mol. The summed E-state index contributed by atoms with van der Waals surface area (Å²) in [5.74, 6) is -0.0586. The number of fused-ring (bicyclic) bond motifs is 1. The van der Waals surface area contributed by atoms with Crippen molar-refractivity contribution in [3.63, 3.8) is 0 Å². The summed E-state index contributed by atoms with van der Waals surface area (Å²) < 4.78 is 1.92. The van der Waals surface area contributed by atoms with E-state index in [1.807, 2.05) is 22.2 Å². The molecule has 1 fully saturated rings. The summed E-state index contributed by atoms with van der Waals surface area (Å²) in [4.78, 5) is 17.2. The number of carbonyl (C=O) groups excluding carboxylic acids is 1. The summed E-state index contributed by atoms with van der Waals surface area (Å²) in [5.41, 5.74) is 0.773. The minimum atomic E-state index is -0.400. The van der Waals surface area contributed by atoms with Crippen molar-refractivity contribution in [3.8, 4) is 0 Å². The number of amides is 1. The molecule has 2 aromatic heterocycles. The first-order chi connectivity index (χ1) is 9.22. The summed E-state index contributed by atoms with van der Waals surface area (Å²) in [6.07, 6.45) is 7.45. The van der Waals surface area contributed by atoms with Crippen LogP contribution in [0, 0.1) is 0 Å². The van der Waals surface area contributed by atoms with Crippen LogP contribution in [0.1, 0.15) is 31.4 Å². The van der Waals surface area contributed by atoms with E-state index in [4.69, 9.17) is 0 Å². The van der Waals surface area contributed by atoms with Gasteiger partial charge in [-0.15, -0.1) is 11.3 Å². The largest absolute Gasteiger partial charge is 0.391 e. The number of imidazole rings is 1. The Bertz CT molecular complexity index is 549. The summed E-state index contributed by atoms with van der Waals surface area (Å²) in [6, 6.07) is -0.0926. The number of hydrogen-bond acceptors (Lipinski definition) is 4. The monoisotopic (exact) mass is 279 g/mol. The molecule has 0 spiro atoms. The Morgan fingerprint density at radius 3 is 3.16 bits per heavy atom. The van der Waals surface area contributed by atoms with Gasteiger partial charge in [-0.1, -0.05) is 12.8 Å². The molecule has 0 aliphatic heterocycles. The maximum Gasteiger partial charge on any atom is 0.226 e. The molecule has 2 N–H and O–H groups in total. The second kappa shape index (κ2) is 5.30. The Kier molecular flexibility index (Phi) is 3.52.